The van der Waals surface area contributed by atoms with E-state index in [0.29, 0.717) is 6.04 Å². The molecule has 1 aromatic carbocycles. The molecule has 7 nitrogen and oxygen atoms in total. The number of anilines is 2. The number of nitrogens with zero attached hydrogens (tertiary/aromatic N) is 5. The van der Waals surface area contributed by atoms with Crippen LogP contribution < -0.4 is 10.2 Å². The molecule has 0 spiro atoms. The van der Waals surface area contributed by atoms with E-state index < -0.39 is 0 Å². The Kier molecular flexibility index (Phi) is 6.12. The van der Waals surface area contributed by atoms with Crippen molar-refractivity contribution in [3.8, 4) is 11.4 Å². The largest absolute Gasteiger partial charge is 0.372 e. The molecule has 8 heteroatoms. The molecule has 2 aliphatic rings. The Bertz CT molecular complexity index is 1060. The van der Waals surface area contributed by atoms with Crippen molar-refractivity contribution in [3.05, 3.63) is 48.8 Å². The van der Waals surface area contributed by atoms with E-state index in [-0.39, 0.29) is 11.2 Å². The van der Waals surface area contributed by atoms with Gasteiger partial charge >= 0.3 is 0 Å². The number of hydrogen-bond acceptors (Lipinski definition) is 6. The third kappa shape index (κ3) is 4.65. The fourth-order valence-corrected chi connectivity index (χ4v) is 4.99. The summed E-state index contributed by atoms with van der Waals surface area (Å²) in [6.45, 7) is 4.14. The van der Waals surface area contributed by atoms with Crippen LogP contribution >= 0.6 is 11.8 Å². The van der Waals surface area contributed by atoms with Crippen LogP contribution in [0.3, 0.4) is 0 Å². The molecule has 1 amide bonds. The molecule has 1 saturated carbocycles. The maximum absolute atomic E-state index is 12.9. The van der Waals surface area contributed by atoms with Crippen molar-refractivity contribution in [2.45, 2.75) is 55.5 Å². The molecule has 0 bridgehead atoms. The molecule has 1 atom stereocenters. The summed E-state index contributed by atoms with van der Waals surface area (Å²) in [5.74, 6) is 0.790. The minimum absolute atomic E-state index is 0.0333. The summed E-state index contributed by atoms with van der Waals surface area (Å²) in [7, 11) is 0. The lowest BCUT2D eigenvalue weighted by Crippen LogP contribution is -2.29. The van der Waals surface area contributed by atoms with Crippen LogP contribution in [0, 0.1) is 0 Å². The monoisotopic (exact) mass is 448 g/mol. The van der Waals surface area contributed by atoms with E-state index in [1.165, 1.54) is 36.7 Å². The van der Waals surface area contributed by atoms with Gasteiger partial charge in [-0.05, 0) is 75.4 Å². The molecular formula is C24H28N6OS. The summed E-state index contributed by atoms with van der Waals surface area (Å²) >= 11 is 1.46. The number of pyridine rings is 1. The van der Waals surface area contributed by atoms with Crippen LogP contribution in [0.15, 0.2) is 53.9 Å². The van der Waals surface area contributed by atoms with Crippen LogP contribution in [0.25, 0.3) is 11.4 Å². The van der Waals surface area contributed by atoms with Crippen molar-refractivity contribution in [1.29, 1.82) is 0 Å². The Morgan fingerprint density at radius 1 is 1.09 bits per heavy atom. The number of piperidine rings is 1. The second kappa shape index (κ2) is 9.32. The molecule has 32 heavy (non-hydrogen) atoms. The highest BCUT2D eigenvalue weighted by Crippen LogP contribution is 2.41. The van der Waals surface area contributed by atoms with Crippen LogP contribution in [0.1, 0.15) is 45.1 Å². The van der Waals surface area contributed by atoms with Crippen molar-refractivity contribution in [2.75, 3.05) is 23.3 Å². The van der Waals surface area contributed by atoms with Gasteiger partial charge in [-0.2, -0.15) is 0 Å². The fraction of sp³-hybridized carbons (Fsp3) is 0.417. The fourth-order valence-electron chi connectivity index (χ4n) is 4.07. The quantitative estimate of drug-likeness (QED) is 0.524. The third-order valence-corrected chi connectivity index (χ3v) is 7.06. The second-order valence-electron chi connectivity index (χ2n) is 8.49. The van der Waals surface area contributed by atoms with Crippen LogP contribution in [0.4, 0.5) is 11.4 Å². The molecule has 166 valence electrons. The Hall–Kier alpha value is -2.87. The summed E-state index contributed by atoms with van der Waals surface area (Å²) in [4.78, 5) is 19.5. The van der Waals surface area contributed by atoms with Crippen molar-refractivity contribution in [1.82, 2.24) is 19.7 Å². The Morgan fingerprint density at radius 3 is 2.56 bits per heavy atom. The van der Waals surface area contributed by atoms with Gasteiger partial charge in [-0.3, -0.25) is 14.3 Å². The van der Waals surface area contributed by atoms with Crippen LogP contribution in [0.2, 0.25) is 0 Å². The van der Waals surface area contributed by atoms with Crippen molar-refractivity contribution in [3.63, 3.8) is 0 Å². The second-order valence-corrected chi connectivity index (χ2v) is 9.80. The van der Waals surface area contributed by atoms with E-state index in [0.717, 1.165) is 48.2 Å². The van der Waals surface area contributed by atoms with Gasteiger partial charge in [0.1, 0.15) is 0 Å². The third-order valence-electron chi connectivity index (χ3n) is 6.00. The lowest BCUT2D eigenvalue weighted by Gasteiger charge is -2.28. The number of rotatable bonds is 7. The average molecular weight is 449 g/mol. The SMILES string of the molecule is C[C@@H](Sc1nnc(-c2cccnc2)n1C1CC1)C(=O)Nc1ccc(N2CCCCC2)cc1. The van der Waals surface area contributed by atoms with Gasteiger partial charge in [0.15, 0.2) is 11.0 Å². The minimum atomic E-state index is -0.291. The van der Waals surface area contributed by atoms with Gasteiger partial charge in [0, 0.05) is 48.5 Å². The van der Waals surface area contributed by atoms with E-state index in [9.17, 15) is 4.79 Å². The van der Waals surface area contributed by atoms with Crippen LogP contribution in [0.5, 0.6) is 0 Å². The smallest absolute Gasteiger partial charge is 0.237 e. The molecule has 0 radical (unpaired) electrons. The first-order chi connectivity index (χ1) is 15.7. The van der Waals surface area contributed by atoms with Crippen molar-refractivity contribution >= 4 is 29.0 Å². The highest BCUT2D eigenvalue weighted by atomic mass is 32.2. The maximum Gasteiger partial charge on any atom is 0.237 e. The predicted molar refractivity (Wildman–Crippen MR) is 128 cm³/mol. The zero-order chi connectivity index (χ0) is 21.9. The number of aromatic nitrogens is 4. The number of carbonyl (C=O) groups excluding carboxylic acids is 1. The van der Waals surface area contributed by atoms with Gasteiger partial charge in [-0.1, -0.05) is 11.8 Å². The number of nitrogens with one attached hydrogen (secondary N) is 1. The molecule has 1 aliphatic carbocycles. The normalized spacial score (nSPS) is 17.2. The van der Waals surface area contributed by atoms with E-state index >= 15 is 0 Å². The summed E-state index contributed by atoms with van der Waals surface area (Å²) in [5.41, 5.74) is 3.00. The van der Waals surface area contributed by atoms with Crippen LogP contribution in [-0.2, 0) is 4.79 Å². The molecule has 5 rings (SSSR count). The number of benzene rings is 1. The molecule has 1 N–H and O–H groups in total. The molecule has 2 fully saturated rings. The Labute approximate surface area is 192 Å². The topological polar surface area (TPSA) is 75.9 Å². The average Bonchev–Trinajstić information content (AvgIpc) is 3.60. The van der Waals surface area contributed by atoms with Gasteiger partial charge in [-0.25, -0.2) is 0 Å². The predicted octanol–water partition coefficient (Wildman–Crippen LogP) is 4.78. The zero-order valence-corrected chi connectivity index (χ0v) is 19.1. The van der Waals surface area contributed by atoms with Crippen molar-refractivity contribution < 1.29 is 4.79 Å². The number of thioether (sulfide) groups is 1. The van der Waals surface area contributed by atoms with Crippen LogP contribution in [-0.4, -0.2) is 44.0 Å². The molecular weight excluding hydrogens is 420 g/mol. The van der Waals surface area contributed by atoms with E-state index in [1.54, 1.807) is 12.4 Å². The number of carbonyl (C=O) groups is 1. The first kappa shape index (κ1) is 21.0. The highest BCUT2D eigenvalue weighted by Gasteiger charge is 2.31. The van der Waals surface area contributed by atoms with Gasteiger partial charge in [0.05, 0.1) is 5.25 Å². The molecule has 3 heterocycles. The Morgan fingerprint density at radius 2 is 1.88 bits per heavy atom. The maximum atomic E-state index is 12.9. The van der Waals surface area contributed by atoms with Gasteiger partial charge in [-0.15, -0.1) is 10.2 Å². The number of hydrogen-bond donors (Lipinski definition) is 1. The highest BCUT2D eigenvalue weighted by molar-refractivity contribution is 8.00. The van der Waals surface area contributed by atoms with E-state index in [4.69, 9.17) is 0 Å². The first-order valence-corrected chi connectivity index (χ1v) is 12.2. The van der Waals surface area contributed by atoms with Gasteiger partial charge in [0.25, 0.3) is 0 Å². The molecule has 0 unspecified atom stereocenters. The molecule has 3 aromatic rings. The van der Waals surface area contributed by atoms with Gasteiger partial charge in [0.2, 0.25) is 5.91 Å². The molecule has 1 saturated heterocycles. The van der Waals surface area contributed by atoms with Crippen molar-refractivity contribution in [2.24, 2.45) is 0 Å². The summed E-state index contributed by atoms with van der Waals surface area (Å²) < 4.78 is 2.17. The number of amides is 1. The summed E-state index contributed by atoms with van der Waals surface area (Å²) in [6.07, 6.45) is 9.61. The Balaban J connectivity index is 1.25. The summed E-state index contributed by atoms with van der Waals surface area (Å²) in [5, 5.41) is 12.4. The summed E-state index contributed by atoms with van der Waals surface area (Å²) in [6, 6.07) is 12.5. The molecule has 1 aliphatic heterocycles. The van der Waals surface area contributed by atoms with Gasteiger partial charge < -0.3 is 10.2 Å². The molecule has 2 aromatic heterocycles. The lowest BCUT2D eigenvalue weighted by atomic mass is 10.1. The van der Waals surface area contributed by atoms with E-state index in [1.807, 2.05) is 31.2 Å². The first-order valence-electron chi connectivity index (χ1n) is 11.4. The zero-order valence-electron chi connectivity index (χ0n) is 18.3. The lowest BCUT2D eigenvalue weighted by molar-refractivity contribution is -0.115. The van der Waals surface area contributed by atoms with E-state index in [2.05, 4.69) is 42.1 Å². The minimum Gasteiger partial charge on any atom is -0.372 e. The standard InChI is InChI=1S/C24H28N6OS/c1-17(23(31)26-19-7-9-20(10-8-19)29-14-3-2-4-15-29)32-24-28-27-22(30(24)21-11-12-21)18-6-5-13-25-16-18/h5-10,13,16-17,21H,2-4,11-12,14-15H2,1H3,(H,26,31)/t17-/m1/s1.